The third-order valence-corrected chi connectivity index (χ3v) is 12.7. The molecule has 0 bridgehead atoms. The third kappa shape index (κ3) is 15.5. The van der Waals surface area contributed by atoms with E-state index in [4.69, 9.17) is 14.2 Å². The van der Waals surface area contributed by atoms with Gasteiger partial charge in [0.2, 0.25) is 0 Å². The zero-order chi connectivity index (χ0) is 52.2. The molecule has 0 aliphatic rings. The highest BCUT2D eigenvalue weighted by Crippen LogP contribution is 2.44. The Kier molecular flexibility index (Phi) is 17.7. The van der Waals surface area contributed by atoms with Crippen LogP contribution >= 0.6 is 0 Å². The van der Waals surface area contributed by atoms with Crippen LogP contribution < -0.4 is 0 Å². The van der Waals surface area contributed by atoms with Crippen LogP contribution in [-0.4, -0.2) is 58.8 Å². The van der Waals surface area contributed by atoms with E-state index in [1.807, 2.05) is 48.5 Å². The number of aryl methyl sites for hydroxylation is 2. The van der Waals surface area contributed by atoms with Crippen molar-refractivity contribution in [3.8, 4) is 23.0 Å². The van der Waals surface area contributed by atoms with Crippen molar-refractivity contribution in [3.05, 3.63) is 115 Å². The molecule has 0 radical (unpaired) electrons. The van der Waals surface area contributed by atoms with Crippen molar-refractivity contribution in [1.29, 1.82) is 0 Å². The molecule has 4 aromatic carbocycles. The van der Waals surface area contributed by atoms with Crippen molar-refractivity contribution in [2.24, 2.45) is 0 Å². The quantitative estimate of drug-likeness (QED) is 0.0638. The number of hydrogen-bond acceptors (Lipinski definition) is 9. The first-order valence-electron chi connectivity index (χ1n) is 24.8. The number of benzene rings is 4. The molecule has 0 fully saturated rings. The van der Waals surface area contributed by atoms with Crippen LogP contribution in [0.5, 0.6) is 23.0 Å². The van der Waals surface area contributed by atoms with Crippen LogP contribution in [0, 0.1) is 0 Å². The number of carbonyl (C=O) groups excluding carboxylic acids is 2. The molecule has 4 N–H and O–H groups in total. The van der Waals surface area contributed by atoms with E-state index < -0.39 is 0 Å². The first kappa shape index (κ1) is 56.6. The van der Waals surface area contributed by atoms with Gasteiger partial charge < -0.3 is 34.6 Å². The molecule has 0 unspecified atom stereocenters. The Morgan fingerprint density at radius 2 is 0.609 bits per heavy atom. The normalized spacial score (nSPS) is 12.9. The summed E-state index contributed by atoms with van der Waals surface area (Å²) >= 11 is 0. The topological polar surface area (TPSA) is 143 Å². The van der Waals surface area contributed by atoms with E-state index in [2.05, 4.69) is 125 Å². The maximum absolute atomic E-state index is 12.9. The lowest BCUT2D eigenvalue weighted by atomic mass is 9.77. The molecule has 0 atom stereocenters. The zero-order valence-electron chi connectivity index (χ0n) is 45.5. The molecule has 0 saturated heterocycles. The molecule has 4 rings (SSSR count). The molecule has 0 saturated carbocycles. The molecule has 9 nitrogen and oxygen atoms in total. The number of aromatic hydroxyl groups is 4. The maximum Gasteiger partial charge on any atom is 0.306 e. The highest BCUT2D eigenvalue weighted by atomic mass is 16.6. The van der Waals surface area contributed by atoms with E-state index >= 15 is 0 Å². The van der Waals surface area contributed by atoms with Gasteiger partial charge in [0.15, 0.2) is 0 Å². The van der Waals surface area contributed by atoms with Crippen molar-refractivity contribution in [3.63, 3.8) is 0 Å². The lowest BCUT2D eigenvalue weighted by molar-refractivity contribution is -0.146. The minimum atomic E-state index is -0.362. The standard InChI is InChI=1S/C60H86O9/c1-55(2,3)43-31-37(27-41(51(43)63)29-39-33-45(57(7,8)9)53(65)46(34-39)58(10,11)12)19-21-49(61)68-25-23-67-24-26-69-50(62)22-20-38-28-42(52(64)44(32-38)56(4,5)6)30-40-35-47(59(13,14)15)54(66)48(36-40)60(16,17)18/h27-28,31-36,63-66H,19-26,29-30H2,1-18H3. The van der Waals surface area contributed by atoms with Gasteiger partial charge in [-0.15, -0.1) is 0 Å². The van der Waals surface area contributed by atoms with Gasteiger partial charge >= 0.3 is 11.9 Å². The molecule has 69 heavy (non-hydrogen) atoms. The van der Waals surface area contributed by atoms with Crippen molar-refractivity contribution in [2.45, 2.75) is 196 Å². The second-order valence-electron chi connectivity index (χ2n) is 25.3. The Labute approximate surface area is 415 Å². The molecule has 4 aromatic rings. The van der Waals surface area contributed by atoms with Crippen molar-refractivity contribution in [2.75, 3.05) is 26.4 Å². The molecule has 0 aliphatic carbocycles. The fourth-order valence-electron chi connectivity index (χ4n) is 8.71. The van der Waals surface area contributed by atoms with Crippen LogP contribution in [0.15, 0.2) is 48.5 Å². The second-order valence-corrected chi connectivity index (χ2v) is 25.3. The average Bonchev–Trinajstić information content (AvgIpc) is 3.19. The predicted octanol–water partition coefficient (Wildman–Crippen LogP) is 13.1. The van der Waals surface area contributed by atoms with E-state index in [0.29, 0.717) is 37.2 Å². The highest BCUT2D eigenvalue weighted by molar-refractivity contribution is 5.70. The van der Waals surface area contributed by atoms with Gasteiger partial charge in [-0.3, -0.25) is 9.59 Å². The molecular formula is C60H86O9. The summed E-state index contributed by atoms with van der Waals surface area (Å²) in [6, 6.07) is 16.1. The molecule has 0 aliphatic heterocycles. The minimum Gasteiger partial charge on any atom is -0.507 e. The van der Waals surface area contributed by atoms with Gasteiger partial charge in [0.05, 0.1) is 13.2 Å². The molecule has 0 aromatic heterocycles. The van der Waals surface area contributed by atoms with Gasteiger partial charge in [-0.1, -0.05) is 173 Å². The van der Waals surface area contributed by atoms with E-state index in [1.54, 1.807) is 0 Å². The Morgan fingerprint density at radius 3 is 0.870 bits per heavy atom. The molecule has 0 spiro atoms. The fraction of sp³-hybridized carbons (Fsp3) is 0.567. The number of ether oxygens (including phenoxy) is 3. The average molecular weight is 951 g/mol. The molecular weight excluding hydrogens is 865 g/mol. The van der Waals surface area contributed by atoms with Crippen LogP contribution in [0.3, 0.4) is 0 Å². The van der Waals surface area contributed by atoms with Crippen LogP contribution in [0.1, 0.15) is 204 Å². The minimum absolute atomic E-state index is 0.0619. The Bertz CT molecular complexity index is 2210. The van der Waals surface area contributed by atoms with Crippen molar-refractivity contribution < 1.29 is 44.2 Å². The lowest BCUT2D eigenvalue weighted by Gasteiger charge is -2.28. The molecule has 380 valence electrons. The largest absolute Gasteiger partial charge is 0.507 e. The first-order chi connectivity index (χ1) is 31.5. The molecule has 0 heterocycles. The Balaban J connectivity index is 1.31. The van der Waals surface area contributed by atoms with Crippen LogP contribution in [0.4, 0.5) is 0 Å². The summed E-state index contributed by atoms with van der Waals surface area (Å²) in [4.78, 5) is 25.8. The smallest absolute Gasteiger partial charge is 0.306 e. The predicted molar refractivity (Wildman–Crippen MR) is 280 cm³/mol. The summed E-state index contributed by atoms with van der Waals surface area (Å²) in [7, 11) is 0. The summed E-state index contributed by atoms with van der Waals surface area (Å²) in [5.41, 5.74) is 8.60. The van der Waals surface area contributed by atoms with E-state index in [9.17, 15) is 30.0 Å². The number of hydrogen-bond donors (Lipinski definition) is 4. The van der Waals surface area contributed by atoms with E-state index in [-0.39, 0.29) is 95.2 Å². The van der Waals surface area contributed by atoms with Crippen LogP contribution in [0.25, 0.3) is 0 Å². The van der Waals surface area contributed by atoms with Crippen molar-refractivity contribution >= 4 is 11.9 Å². The van der Waals surface area contributed by atoms with Gasteiger partial charge in [0.25, 0.3) is 0 Å². The van der Waals surface area contributed by atoms with Crippen LogP contribution in [-0.2, 0) is 82.0 Å². The zero-order valence-corrected chi connectivity index (χ0v) is 45.5. The van der Waals surface area contributed by atoms with Crippen molar-refractivity contribution in [1.82, 2.24) is 0 Å². The highest BCUT2D eigenvalue weighted by Gasteiger charge is 2.30. The SMILES string of the molecule is CC(C)(C)c1cc(CCC(=O)OCCOCCOC(=O)CCc2cc(Cc3cc(C(C)(C)C)c(O)c(C(C)(C)C)c3)c(O)c(C(C)(C)C)c2)cc(Cc2cc(C(C)(C)C)c(O)c(C(C)(C)C)c2)c1O. The summed E-state index contributed by atoms with van der Waals surface area (Å²) < 4.78 is 16.6. The van der Waals surface area contributed by atoms with Crippen LogP contribution in [0.2, 0.25) is 0 Å². The number of esters is 2. The fourth-order valence-corrected chi connectivity index (χ4v) is 8.71. The van der Waals surface area contributed by atoms with Gasteiger partial charge in [-0.05, 0) is 112 Å². The van der Waals surface area contributed by atoms with E-state index in [1.165, 1.54) is 0 Å². The molecule has 0 amide bonds. The number of phenols is 4. The Hall–Kier alpha value is -5.02. The second kappa shape index (κ2) is 21.5. The van der Waals surface area contributed by atoms with E-state index in [0.717, 1.165) is 66.8 Å². The number of rotatable bonds is 16. The maximum atomic E-state index is 12.9. The molecule has 9 heteroatoms. The first-order valence-corrected chi connectivity index (χ1v) is 24.8. The van der Waals surface area contributed by atoms with Gasteiger partial charge in [-0.2, -0.15) is 0 Å². The third-order valence-electron chi connectivity index (χ3n) is 12.7. The summed E-state index contributed by atoms with van der Waals surface area (Å²) in [5.74, 6) is 0.394. The van der Waals surface area contributed by atoms with Gasteiger partial charge in [0, 0.05) is 25.7 Å². The summed E-state index contributed by atoms with van der Waals surface area (Å²) in [5, 5.41) is 45.7. The van der Waals surface area contributed by atoms with Gasteiger partial charge in [0.1, 0.15) is 36.2 Å². The monoisotopic (exact) mass is 951 g/mol. The number of carbonyl (C=O) groups is 2. The lowest BCUT2D eigenvalue weighted by Crippen LogP contribution is -2.18. The summed E-state index contributed by atoms with van der Waals surface area (Å²) in [6.45, 7) is 37.8. The van der Waals surface area contributed by atoms with Gasteiger partial charge in [-0.25, -0.2) is 0 Å². The summed E-state index contributed by atoms with van der Waals surface area (Å²) in [6.07, 6.45) is 2.09. The number of phenolic OH excluding ortho intramolecular Hbond substituents is 4. The Morgan fingerprint density at radius 1 is 0.362 bits per heavy atom.